The molecule has 0 saturated carbocycles. The summed E-state index contributed by atoms with van der Waals surface area (Å²) in [6.07, 6.45) is -3.38. The zero-order valence-corrected chi connectivity index (χ0v) is 16.4. The maximum Gasteiger partial charge on any atom is 0.410 e. The number of aromatic nitrogens is 2. The molecule has 1 fully saturated rings. The summed E-state index contributed by atoms with van der Waals surface area (Å²) in [5.41, 5.74) is 0.107. The lowest BCUT2D eigenvalue weighted by atomic mass is 10.2. The van der Waals surface area contributed by atoms with Crippen LogP contribution < -0.4 is 15.5 Å². The number of hydrogen-bond donors (Lipinski definition) is 2. The van der Waals surface area contributed by atoms with Crippen LogP contribution in [0.2, 0.25) is 0 Å². The predicted molar refractivity (Wildman–Crippen MR) is 98.3 cm³/mol. The third-order valence-electron chi connectivity index (χ3n) is 5.31. The molecule has 1 aromatic carbocycles. The number of carbonyl (C=O) groups excluding carboxylic acids is 2. The van der Waals surface area contributed by atoms with E-state index in [0.717, 1.165) is 4.90 Å². The SMILES string of the molecule is C[C@H]1Cn2ncc(N3C[C@@H](C(F)(F)F)NC3=O)c2CN1C(=O)Nc1cc(F)c(F)c(F)c1. The molecule has 0 aliphatic carbocycles. The monoisotopic (exact) mass is 462 g/mol. The van der Waals surface area contributed by atoms with Crippen molar-refractivity contribution < 1.29 is 35.9 Å². The van der Waals surface area contributed by atoms with Crippen molar-refractivity contribution in [2.45, 2.75) is 38.3 Å². The quantitative estimate of drug-likeness (QED) is 0.531. The second kappa shape index (κ2) is 7.60. The summed E-state index contributed by atoms with van der Waals surface area (Å²) in [5, 5.41) is 8.23. The molecule has 0 bridgehead atoms. The van der Waals surface area contributed by atoms with Gasteiger partial charge in [0.1, 0.15) is 6.04 Å². The molecule has 3 heterocycles. The Bertz CT molecular complexity index is 1060. The minimum absolute atomic E-state index is 0.109. The summed E-state index contributed by atoms with van der Waals surface area (Å²) in [4.78, 5) is 27.0. The van der Waals surface area contributed by atoms with Gasteiger partial charge in [-0.15, -0.1) is 0 Å². The van der Waals surface area contributed by atoms with Gasteiger partial charge in [0.2, 0.25) is 0 Å². The summed E-state index contributed by atoms with van der Waals surface area (Å²) in [6.45, 7) is 1.02. The molecule has 0 unspecified atom stereocenters. The fourth-order valence-corrected chi connectivity index (χ4v) is 3.64. The molecule has 4 rings (SSSR count). The van der Waals surface area contributed by atoms with Crippen molar-refractivity contribution in [2.75, 3.05) is 16.8 Å². The number of nitrogens with zero attached hydrogens (tertiary/aromatic N) is 4. The van der Waals surface area contributed by atoms with Crippen molar-refractivity contribution in [1.29, 1.82) is 0 Å². The highest BCUT2D eigenvalue weighted by Gasteiger charge is 2.48. The normalized spacial score (nSPS) is 20.9. The molecule has 1 saturated heterocycles. The molecule has 172 valence electrons. The minimum atomic E-state index is -4.63. The lowest BCUT2D eigenvalue weighted by molar-refractivity contribution is -0.147. The summed E-state index contributed by atoms with van der Waals surface area (Å²) in [7, 11) is 0. The van der Waals surface area contributed by atoms with E-state index in [9.17, 15) is 35.9 Å². The van der Waals surface area contributed by atoms with Crippen molar-refractivity contribution in [1.82, 2.24) is 20.0 Å². The highest BCUT2D eigenvalue weighted by atomic mass is 19.4. The lowest BCUT2D eigenvalue weighted by Gasteiger charge is -2.34. The van der Waals surface area contributed by atoms with Gasteiger partial charge in [0.15, 0.2) is 17.5 Å². The van der Waals surface area contributed by atoms with Crippen LogP contribution in [0.5, 0.6) is 0 Å². The van der Waals surface area contributed by atoms with Gasteiger partial charge in [-0.2, -0.15) is 18.3 Å². The molecule has 0 spiro atoms. The Hall–Kier alpha value is -3.45. The topological polar surface area (TPSA) is 82.5 Å². The van der Waals surface area contributed by atoms with Gasteiger partial charge in [-0.1, -0.05) is 0 Å². The third-order valence-corrected chi connectivity index (χ3v) is 5.31. The fourth-order valence-electron chi connectivity index (χ4n) is 3.64. The molecule has 0 radical (unpaired) electrons. The second-order valence-corrected chi connectivity index (χ2v) is 7.47. The van der Waals surface area contributed by atoms with E-state index in [1.807, 2.05) is 5.32 Å². The zero-order valence-electron chi connectivity index (χ0n) is 16.4. The third kappa shape index (κ3) is 3.80. The fraction of sp³-hybridized carbons (Fsp3) is 0.389. The highest BCUT2D eigenvalue weighted by molar-refractivity contribution is 5.95. The van der Waals surface area contributed by atoms with E-state index in [1.165, 1.54) is 15.8 Å². The van der Waals surface area contributed by atoms with Crippen LogP contribution >= 0.6 is 0 Å². The first-order chi connectivity index (χ1) is 15.0. The van der Waals surface area contributed by atoms with Crippen molar-refractivity contribution >= 4 is 23.4 Å². The number of fused-ring (bicyclic) bond motifs is 1. The summed E-state index contributed by atoms with van der Waals surface area (Å²) < 4.78 is 80.4. The predicted octanol–water partition coefficient (Wildman–Crippen LogP) is 3.20. The van der Waals surface area contributed by atoms with E-state index in [4.69, 9.17) is 0 Å². The molecule has 2 aliphatic rings. The van der Waals surface area contributed by atoms with Gasteiger partial charge in [0.05, 0.1) is 43.3 Å². The average Bonchev–Trinajstić information content (AvgIpc) is 3.27. The van der Waals surface area contributed by atoms with Crippen molar-refractivity contribution in [3.8, 4) is 0 Å². The van der Waals surface area contributed by atoms with Gasteiger partial charge >= 0.3 is 18.2 Å². The minimum Gasteiger partial charge on any atom is -0.324 e. The van der Waals surface area contributed by atoms with Crippen LogP contribution in [0.3, 0.4) is 0 Å². The van der Waals surface area contributed by atoms with Crippen LogP contribution in [0.1, 0.15) is 12.6 Å². The Morgan fingerprint density at radius 3 is 2.44 bits per heavy atom. The van der Waals surface area contributed by atoms with Gasteiger partial charge in [-0.05, 0) is 6.92 Å². The maximum atomic E-state index is 13.4. The Morgan fingerprint density at radius 1 is 1.19 bits per heavy atom. The smallest absolute Gasteiger partial charge is 0.324 e. The molecule has 2 aromatic rings. The lowest BCUT2D eigenvalue weighted by Crippen LogP contribution is -2.47. The first kappa shape index (κ1) is 21.8. The molecule has 2 atom stereocenters. The van der Waals surface area contributed by atoms with Crippen LogP contribution in [0, 0.1) is 17.5 Å². The van der Waals surface area contributed by atoms with E-state index in [1.54, 1.807) is 6.92 Å². The van der Waals surface area contributed by atoms with Crippen LogP contribution in [0.15, 0.2) is 18.3 Å². The number of carbonyl (C=O) groups is 2. The number of anilines is 2. The largest absolute Gasteiger partial charge is 0.410 e. The summed E-state index contributed by atoms with van der Waals surface area (Å²) in [6, 6.07) is -2.99. The number of urea groups is 2. The van der Waals surface area contributed by atoms with Gasteiger partial charge in [-0.3, -0.25) is 9.58 Å². The molecule has 32 heavy (non-hydrogen) atoms. The molecule has 14 heteroatoms. The van der Waals surface area contributed by atoms with E-state index >= 15 is 0 Å². The second-order valence-electron chi connectivity index (χ2n) is 7.47. The molecule has 8 nitrogen and oxygen atoms in total. The van der Waals surface area contributed by atoms with Crippen LogP contribution in [0.25, 0.3) is 0 Å². The molecule has 4 amide bonds. The molecule has 1 aromatic heterocycles. The number of benzene rings is 1. The Balaban J connectivity index is 1.55. The van der Waals surface area contributed by atoms with Crippen LogP contribution in [-0.4, -0.2) is 51.5 Å². The van der Waals surface area contributed by atoms with E-state index in [-0.39, 0.29) is 24.5 Å². The molecular weight excluding hydrogens is 446 g/mol. The molecule has 2 aliphatic heterocycles. The van der Waals surface area contributed by atoms with Crippen molar-refractivity contribution in [3.05, 3.63) is 41.5 Å². The van der Waals surface area contributed by atoms with E-state index in [2.05, 4.69) is 10.4 Å². The zero-order chi connectivity index (χ0) is 23.4. The molecule has 2 N–H and O–H groups in total. The summed E-state index contributed by atoms with van der Waals surface area (Å²) >= 11 is 0. The van der Waals surface area contributed by atoms with Crippen LogP contribution in [0.4, 0.5) is 47.3 Å². The van der Waals surface area contributed by atoms with E-state index < -0.39 is 54.3 Å². The highest BCUT2D eigenvalue weighted by Crippen LogP contribution is 2.32. The number of nitrogens with one attached hydrogen (secondary N) is 2. The Kier molecular flexibility index (Phi) is 5.17. The number of halogens is 6. The van der Waals surface area contributed by atoms with Gasteiger partial charge in [0, 0.05) is 17.8 Å². The number of rotatable bonds is 2. The van der Waals surface area contributed by atoms with Crippen molar-refractivity contribution in [2.24, 2.45) is 0 Å². The average molecular weight is 462 g/mol. The number of alkyl halides is 3. The molecular formula is C18H16F6N6O2. The van der Waals surface area contributed by atoms with E-state index in [0.29, 0.717) is 17.8 Å². The first-order valence-electron chi connectivity index (χ1n) is 9.37. The maximum absolute atomic E-state index is 13.4. The van der Waals surface area contributed by atoms with Crippen LogP contribution in [-0.2, 0) is 13.1 Å². The Labute approximate surface area is 176 Å². The van der Waals surface area contributed by atoms with Gasteiger partial charge in [-0.25, -0.2) is 22.8 Å². The number of hydrogen-bond acceptors (Lipinski definition) is 3. The number of amides is 4. The first-order valence-corrected chi connectivity index (χ1v) is 9.37. The van der Waals surface area contributed by atoms with Gasteiger partial charge in [0.25, 0.3) is 0 Å². The Morgan fingerprint density at radius 2 is 1.84 bits per heavy atom. The van der Waals surface area contributed by atoms with Crippen molar-refractivity contribution in [3.63, 3.8) is 0 Å². The standard InChI is InChI=1S/C18H16F6N6O2/c1-8-5-30-13(12(4-25-30)29-7-14(18(22,23)24)27-17(29)32)6-28(8)16(31)26-9-2-10(19)15(21)11(20)3-9/h2-4,8,14H,5-7H2,1H3,(H,26,31)(H,27,32)/t8-,14-/m0/s1. The van der Waals surface area contributed by atoms with Gasteiger partial charge < -0.3 is 15.5 Å². The summed E-state index contributed by atoms with van der Waals surface area (Å²) in [5.74, 6) is -4.64.